The SMILES string of the molecule is CCc1cccc(-c2nc(Cc3c(CC)cc(O)c(F)c3C)ccc2OCOC)c1. The summed E-state index contributed by atoms with van der Waals surface area (Å²) in [7, 11) is 1.58. The Morgan fingerprint density at radius 1 is 1.07 bits per heavy atom. The number of rotatable bonds is 8. The molecule has 0 unspecified atom stereocenters. The van der Waals surface area contributed by atoms with Gasteiger partial charge in [-0.3, -0.25) is 0 Å². The molecule has 0 atom stereocenters. The van der Waals surface area contributed by atoms with Crippen molar-refractivity contribution in [3.05, 3.63) is 76.2 Å². The molecule has 1 N–H and O–H groups in total. The zero-order valence-corrected chi connectivity index (χ0v) is 18.0. The van der Waals surface area contributed by atoms with Gasteiger partial charge in [0.1, 0.15) is 11.4 Å². The molecule has 0 saturated heterocycles. The number of benzene rings is 2. The molecule has 3 aromatic rings. The van der Waals surface area contributed by atoms with Crippen molar-refractivity contribution in [3.63, 3.8) is 0 Å². The highest BCUT2D eigenvalue weighted by molar-refractivity contribution is 5.67. The van der Waals surface area contributed by atoms with Gasteiger partial charge in [0.25, 0.3) is 0 Å². The predicted molar refractivity (Wildman–Crippen MR) is 117 cm³/mol. The van der Waals surface area contributed by atoms with Crippen LogP contribution in [-0.4, -0.2) is 24.0 Å². The molecule has 0 aliphatic rings. The zero-order chi connectivity index (χ0) is 21.7. The molecule has 0 saturated carbocycles. The number of ether oxygens (including phenoxy) is 2. The molecule has 0 aliphatic carbocycles. The van der Waals surface area contributed by atoms with Gasteiger partial charge in [-0.2, -0.15) is 0 Å². The van der Waals surface area contributed by atoms with Gasteiger partial charge in [-0.05, 0) is 66.3 Å². The third-order valence-electron chi connectivity index (χ3n) is 5.30. The van der Waals surface area contributed by atoms with E-state index in [-0.39, 0.29) is 12.5 Å². The van der Waals surface area contributed by atoms with Crippen molar-refractivity contribution in [3.8, 4) is 22.8 Å². The van der Waals surface area contributed by atoms with Gasteiger partial charge in [0.15, 0.2) is 18.4 Å². The van der Waals surface area contributed by atoms with E-state index in [1.807, 2.05) is 31.2 Å². The Hall–Kier alpha value is -2.92. The molecule has 0 aliphatic heterocycles. The third-order valence-corrected chi connectivity index (χ3v) is 5.30. The van der Waals surface area contributed by atoms with E-state index in [1.165, 1.54) is 11.6 Å². The molecule has 158 valence electrons. The molecule has 30 heavy (non-hydrogen) atoms. The highest BCUT2D eigenvalue weighted by Gasteiger charge is 2.17. The van der Waals surface area contributed by atoms with Gasteiger partial charge in [0.05, 0.1) is 0 Å². The van der Waals surface area contributed by atoms with Crippen molar-refractivity contribution < 1.29 is 19.0 Å². The number of methoxy groups -OCH3 is 1. The quantitative estimate of drug-likeness (QED) is 0.492. The summed E-state index contributed by atoms with van der Waals surface area (Å²) in [6.45, 7) is 5.93. The summed E-state index contributed by atoms with van der Waals surface area (Å²) in [6.07, 6.45) is 2.09. The summed E-state index contributed by atoms with van der Waals surface area (Å²) in [5, 5.41) is 9.84. The van der Waals surface area contributed by atoms with Crippen LogP contribution < -0.4 is 4.74 Å². The molecule has 1 heterocycles. The molecular weight excluding hydrogens is 381 g/mol. The number of halogens is 1. The lowest BCUT2D eigenvalue weighted by Gasteiger charge is -2.16. The smallest absolute Gasteiger partial charge is 0.188 e. The molecule has 0 amide bonds. The summed E-state index contributed by atoms with van der Waals surface area (Å²) < 4.78 is 25.1. The van der Waals surface area contributed by atoms with E-state index < -0.39 is 5.82 Å². The van der Waals surface area contributed by atoms with Gasteiger partial charge < -0.3 is 14.6 Å². The zero-order valence-electron chi connectivity index (χ0n) is 18.0. The Morgan fingerprint density at radius 3 is 2.57 bits per heavy atom. The number of nitrogens with zero attached hydrogens (tertiary/aromatic N) is 1. The van der Waals surface area contributed by atoms with Crippen LogP contribution in [0.5, 0.6) is 11.5 Å². The van der Waals surface area contributed by atoms with E-state index in [9.17, 15) is 9.50 Å². The Morgan fingerprint density at radius 2 is 1.87 bits per heavy atom. The summed E-state index contributed by atoms with van der Waals surface area (Å²) in [4.78, 5) is 4.87. The Balaban J connectivity index is 2.06. The van der Waals surface area contributed by atoms with Crippen LogP contribution in [0.4, 0.5) is 4.39 Å². The number of aryl methyl sites for hydroxylation is 2. The molecule has 2 aromatic carbocycles. The monoisotopic (exact) mass is 409 g/mol. The maximum absolute atomic E-state index is 14.3. The number of pyridine rings is 1. The van der Waals surface area contributed by atoms with Crippen LogP contribution in [0.2, 0.25) is 0 Å². The van der Waals surface area contributed by atoms with E-state index in [2.05, 4.69) is 19.1 Å². The minimum absolute atomic E-state index is 0.129. The topological polar surface area (TPSA) is 51.6 Å². The maximum atomic E-state index is 14.3. The first-order valence-corrected chi connectivity index (χ1v) is 10.2. The van der Waals surface area contributed by atoms with Gasteiger partial charge in [-0.1, -0.05) is 32.0 Å². The number of hydrogen-bond acceptors (Lipinski definition) is 4. The molecule has 1 aromatic heterocycles. The Bertz CT molecular complexity index is 1030. The lowest BCUT2D eigenvalue weighted by molar-refractivity contribution is 0.0513. The number of phenols is 1. The van der Waals surface area contributed by atoms with Crippen molar-refractivity contribution in [2.75, 3.05) is 13.9 Å². The first-order chi connectivity index (χ1) is 14.5. The van der Waals surface area contributed by atoms with Crippen LogP contribution in [0.25, 0.3) is 11.3 Å². The molecule has 0 fully saturated rings. The van der Waals surface area contributed by atoms with Gasteiger partial charge in [0, 0.05) is 24.8 Å². The summed E-state index contributed by atoms with van der Waals surface area (Å²) in [5.41, 5.74) is 5.95. The van der Waals surface area contributed by atoms with Gasteiger partial charge in [-0.15, -0.1) is 0 Å². The minimum atomic E-state index is -0.571. The fraction of sp³-hybridized carbons (Fsp3) is 0.320. The molecule has 3 rings (SSSR count). The average molecular weight is 410 g/mol. The second-order valence-corrected chi connectivity index (χ2v) is 7.26. The summed E-state index contributed by atoms with van der Waals surface area (Å²) >= 11 is 0. The first-order valence-electron chi connectivity index (χ1n) is 10.2. The summed E-state index contributed by atoms with van der Waals surface area (Å²) in [5.74, 6) is -0.238. The second kappa shape index (κ2) is 9.72. The second-order valence-electron chi connectivity index (χ2n) is 7.26. The molecule has 4 nitrogen and oxygen atoms in total. The van der Waals surface area contributed by atoms with E-state index in [1.54, 1.807) is 14.0 Å². The maximum Gasteiger partial charge on any atom is 0.188 e. The molecule has 0 spiro atoms. The van der Waals surface area contributed by atoms with Crippen LogP contribution >= 0.6 is 0 Å². The number of hydrogen-bond donors (Lipinski definition) is 1. The van der Waals surface area contributed by atoms with Crippen LogP contribution in [0.3, 0.4) is 0 Å². The minimum Gasteiger partial charge on any atom is -0.505 e. The number of aromatic hydroxyl groups is 1. The molecule has 0 radical (unpaired) electrons. The largest absolute Gasteiger partial charge is 0.505 e. The van der Waals surface area contributed by atoms with E-state index >= 15 is 0 Å². The van der Waals surface area contributed by atoms with Crippen LogP contribution in [-0.2, 0) is 24.0 Å². The number of phenolic OH excluding ortho intramolecular Hbond substituents is 1. The fourth-order valence-electron chi connectivity index (χ4n) is 3.59. The standard InChI is InChI=1S/C25H28FNO3/c1-5-17-8-7-9-19(12-17)25-23(30-15-29-4)11-10-20(27-25)14-21-16(3)24(26)22(28)13-18(21)6-2/h7-13,28H,5-6,14-15H2,1-4H3. The average Bonchev–Trinajstić information content (AvgIpc) is 2.78. The predicted octanol–water partition coefficient (Wildman–Crippen LogP) is 5.60. The Labute approximate surface area is 177 Å². The molecule has 0 bridgehead atoms. The summed E-state index contributed by atoms with van der Waals surface area (Å²) in [6, 6.07) is 13.5. The van der Waals surface area contributed by atoms with Crippen molar-refractivity contribution in [2.24, 2.45) is 0 Å². The van der Waals surface area contributed by atoms with Gasteiger partial charge in [-0.25, -0.2) is 9.37 Å². The molecular formula is C25H28FNO3. The van der Waals surface area contributed by atoms with Gasteiger partial charge in [0.2, 0.25) is 0 Å². The van der Waals surface area contributed by atoms with Crippen LogP contribution in [0.15, 0.2) is 42.5 Å². The highest BCUT2D eigenvalue weighted by atomic mass is 19.1. The van der Waals surface area contributed by atoms with Crippen molar-refractivity contribution >= 4 is 0 Å². The Kier molecular flexibility index (Phi) is 7.06. The van der Waals surface area contributed by atoms with E-state index in [0.717, 1.165) is 34.5 Å². The van der Waals surface area contributed by atoms with Crippen LogP contribution in [0, 0.1) is 12.7 Å². The van der Waals surface area contributed by atoms with E-state index in [0.29, 0.717) is 24.2 Å². The van der Waals surface area contributed by atoms with Crippen LogP contribution in [0.1, 0.15) is 41.8 Å². The van der Waals surface area contributed by atoms with Crippen molar-refractivity contribution in [2.45, 2.75) is 40.0 Å². The normalized spacial score (nSPS) is 11.0. The molecule has 5 heteroatoms. The lowest BCUT2D eigenvalue weighted by atomic mass is 9.94. The first kappa shape index (κ1) is 21.8. The third kappa shape index (κ3) is 4.62. The fourth-order valence-corrected chi connectivity index (χ4v) is 3.59. The van der Waals surface area contributed by atoms with E-state index in [4.69, 9.17) is 14.5 Å². The van der Waals surface area contributed by atoms with Gasteiger partial charge >= 0.3 is 0 Å². The van der Waals surface area contributed by atoms with Crippen molar-refractivity contribution in [1.29, 1.82) is 0 Å². The van der Waals surface area contributed by atoms with Crippen molar-refractivity contribution in [1.82, 2.24) is 4.98 Å². The number of aromatic nitrogens is 1. The highest BCUT2D eigenvalue weighted by Crippen LogP contribution is 2.32. The lowest BCUT2D eigenvalue weighted by Crippen LogP contribution is -2.05.